The van der Waals surface area contributed by atoms with Crippen LogP contribution in [0.2, 0.25) is 0 Å². The van der Waals surface area contributed by atoms with Gasteiger partial charge in [-0.1, -0.05) is 20.3 Å². The summed E-state index contributed by atoms with van der Waals surface area (Å²) < 4.78 is 5.48. The number of ether oxygens (including phenoxy) is 1. The summed E-state index contributed by atoms with van der Waals surface area (Å²) in [7, 11) is 0. The SMILES string of the molecule is CCCC(C#N)C(=O)C1CCOC1CC. The van der Waals surface area contributed by atoms with Gasteiger partial charge in [-0.05, 0) is 19.3 Å². The molecule has 0 radical (unpaired) electrons. The number of Topliss-reactive ketones (excluding diaryl/α,β-unsaturated/α-hetero) is 1. The molecule has 1 aliphatic rings. The molecule has 0 aromatic carbocycles. The summed E-state index contributed by atoms with van der Waals surface area (Å²) in [6.07, 6.45) is 3.27. The molecule has 0 aromatic rings. The quantitative estimate of drug-likeness (QED) is 0.698. The third-order valence-electron chi connectivity index (χ3n) is 3.05. The molecule has 1 fully saturated rings. The Morgan fingerprint density at radius 3 is 2.87 bits per heavy atom. The fourth-order valence-corrected chi connectivity index (χ4v) is 2.19. The first-order chi connectivity index (χ1) is 7.24. The fourth-order valence-electron chi connectivity index (χ4n) is 2.19. The normalized spacial score (nSPS) is 27.3. The number of nitrogens with zero attached hydrogens (tertiary/aromatic N) is 1. The first-order valence-corrected chi connectivity index (χ1v) is 5.79. The number of carbonyl (C=O) groups is 1. The lowest BCUT2D eigenvalue weighted by molar-refractivity contribution is -0.127. The van der Waals surface area contributed by atoms with Crippen LogP contribution in [0, 0.1) is 23.2 Å². The molecule has 1 rings (SSSR count). The fraction of sp³-hybridized carbons (Fsp3) is 0.833. The van der Waals surface area contributed by atoms with E-state index in [4.69, 9.17) is 10.00 Å². The Morgan fingerprint density at radius 2 is 2.33 bits per heavy atom. The molecule has 15 heavy (non-hydrogen) atoms. The number of ketones is 1. The average molecular weight is 209 g/mol. The molecule has 0 spiro atoms. The number of hydrogen-bond donors (Lipinski definition) is 0. The number of nitriles is 1. The molecule has 3 heteroatoms. The Bertz CT molecular complexity index is 257. The van der Waals surface area contributed by atoms with E-state index in [-0.39, 0.29) is 17.8 Å². The zero-order valence-corrected chi connectivity index (χ0v) is 9.53. The minimum absolute atomic E-state index is 0.0359. The summed E-state index contributed by atoms with van der Waals surface area (Å²) in [6.45, 7) is 4.69. The summed E-state index contributed by atoms with van der Waals surface area (Å²) in [5, 5.41) is 8.94. The Balaban J connectivity index is 2.62. The molecule has 3 atom stereocenters. The highest BCUT2D eigenvalue weighted by atomic mass is 16.5. The largest absolute Gasteiger partial charge is 0.377 e. The second kappa shape index (κ2) is 5.87. The van der Waals surface area contributed by atoms with Crippen LogP contribution in [0.15, 0.2) is 0 Å². The highest BCUT2D eigenvalue weighted by Crippen LogP contribution is 2.27. The summed E-state index contributed by atoms with van der Waals surface area (Å²) in [4.78, 5) is 12.0. The van der Waals surface area contributed by atoms with Gasteiger partial charge >= 0.3 is 0 Å². The molecule has 3 unspecified atom stereocenters. The van der Waals surface area contributed by atoms with Gasteiger partial charge in [0.2, 0.25) is 0 Å². The summed E-state index contributed by atoms with van der Waals surface area (Å²) in [5.74, 6) is -0.356. The maximum atomic E-state index is 12.0. The van der Waals surface area contributed by atoms with Gasteiger partial charge in [0.1, 0.15) is 5.92 Å². The van der Waals surface area contributed by atoms with Crippen molar-refractivity contribution in [3.8, 4) is 6.07 Å². The lowest BCUT2D eigenvalue weighted by Crippen LogP contribution is -2.29. The topological polar surface area (TPSA) is 50.1 Å². The van der Waals surface area contributed by atoms with Crippen molar-refractivity contribution in [1.29, 1.82) is 5.26 Å². The molecule has 0 aliphatic carbocycles. The highest BCUT2D eigenvalue weighted by molar-refractivity contribution is 5.86. The minimum Gasteiger partial charge on any atom is -0.377 e. The summed E-state index contributed by atoms with van der Waals surface area (Å²) in [6, 6.07) is 2.12. The molecule has 0 amide bonds. The Hall–Kier alpha value is -0.880. The van der Waals surface area contributed by atoms with Crippen LogP contribution in [0.1, 0.15) is 39.5 Å². The molecule has 3 nitrogen and oxygen atoms in total. The zero-order valence-electron chi connectivity index (χ0n) is 9.53. The van der Waals surface area contributed by atoms with Crippen molar-refractivity contribution in [2.45, 2.75) is 45.6 Å². The molecule has 84 valence electrons. The summed E-state index contributed by atoms with van der Waals surface area (Å²) in [5.41, 5.74) is 0. The average Bonchev–Trinajstić information content (AvgIpc) is 2.72. The van der Waals surface area contributed by atoms with Crippen molar-refractivity contribution in [3.63, 3.8) is 0 Å². The lowest BCUT2D eigenvalue weighted by Gasteiger charge is -2.17. The first kappa shape index (κ1) is 12.2. The van der Waals surface area contributed by atoms with E-state index in [0.29, 0.717) is 13.0 Å². The molecule has 0 bridgehead atoms. The monoisotopic (exact) mass is 209 g/mol. The lowest BCUT2D eigenvalue weighted by atomic mass is 9.86. The molecule has 1 aliphatic heterocycles. The van der Waals surface area contributed by atoms with Gasteiger partial charge in [-0.3, -0.25) is 4.79 Å². The Kier molecular flexibility index (Phi) is 4.77. The molecule has 1 saturated heterocycles. The van der Waals surface area contributed by atoms with Crippen molar-refractivity contribution < 1.29 is 9.53 Å². The maximum absolute atomic E-state index is 12.0. The second-order valence-electron chi connectivity index (χ2n) is 4.09. The molecule has 0 N–H and O–H groups in total. The Morgan fingerprint density at radius 1 is 1.60 bits per heavy atom. The van der Waals surface area contributed by atoms with Gasteiger partial charge in [-0.2, -0.15) is 5.26 Å². The minimum atomic E-state index is -0.421. The highest BCUT2D eigenvalue weighted by Gasteiger charge is 2.36. The van der Waals surface area contributed by atoms with Gasteiger partial charge in [-0.25, -0.2) is 0 Å². The predicted molar refractivity (Wildman–Crippen MR) is 57.2 cm³/mol. The molecule has 1 heterocycles. The predicted octanol–water partition coefficient (Wildman–Crippen LogP) is 2.31. The van der Waals surface area contributed by atoms with Crippen molar-refractivity contribution in [3.05, 3.63) is 0 Å². The van der Waals surface area contributed by atoms with Crippen molar-refractivity contribution in [2.24, 2.45) is 11.8 Å². The van der Waals surface area contributed by atoms with Gasteiger partial charge in [0, 0.05) is 12.5 Å². The van der Waals surface area contributed by atoms with E-state index >= 15 is 0 Å². The maximum Gasteiger partial charge on any atom is 0.155 e. The van der Waals surface area contributed by atoms with Crippen LogP contribution in [-0.2, 0) is 9.53 Å². The standard InChI is InChI=1S/C12H19NO2/c1-3-5-9(8-13)12(14)10-6-7-15-11(10)4-2/h9-11H,3-7H2,1-2H3. The zero-order chi connectivity index (χ0) is 11.3. The van der Waals surface area contributed by atoms with Crippen LogP contribution in [0.4, 0.5) is 0 Å². The molecular formula is C12H19NO2. The number of carbonyl (C=O) groups excluding carboxylic acids is 1. The molecular weight excluding hydrogens is 190 g/mol. The van der Waals surface area contributed by atoms with E-state index in [1.165, 1.54) is 0 Å². The van der Waals surface area contributed by atoms with E-state index in [1.807, 2.05) is 13.8 Å². The molecule has 0 aromatic heterocycles. The van der Waals surface area contributed by atoms with Crippen molar-refractivity contribution in [2.75, 3.05) is 6.61 Å². The van der Waals surface area contributed by atoms with Crippen LogP contribution in [0.3, 0.4) is 0 Å². The van der Waals surface area contributed by atoms with E-state index in [0.717, 1.165) is 19.3 Å². The third kappa shape index (κ3) is 2.79. The molecule has 0 saturated carbocycles. The third-order valence-corrected chi connectivity index (χ3v) is 3.05. The van der Waals surface area contributed by atoms with E-state index in [2.05, 4.69) is 6.07 Å². The van der Waals surface area contributed by atoms with Gasteiger partial charge < -0.3 is 4.74 Å². The summed E-state index contributed by atoms with van der Waals surface area (Å²) >= 11 is 0. The van der Waals surface area contributed by atoms with Gasteiger partial charge in [0.25, 0.3) is 0 Å². The number of hydrogen-bond acceptors (Lipinski definition) is 3. The smallest absolute Gasteiger partial charge is 0.155 e. The van der Waals surface area contributed by atoms with Crippen molar-refractivity contribution >= 4 is 5.78 Å². The van der Waals surface area contributed by atoms with Crippen LogP contribution in [0.5, 0.6) is 0 Å². The van der Waals surface area contributed by atoms with Crippen molar-refractivity contribution in [1.82, 2.24) is 0 Å². The van der Waals surface area contributed by atoms with E-state index < -0.39 is 5.92 Å². The second-order valence-corrected chi connectivity index (χ2v) is 4.09. The van der Waals surface area contributed by atoms with Crippen LogP contribution < -0.4 is 0 Å². The first-order valence-electron chi connectivity index (χ1n) is 5.79. The van der Waals surface area contributed by atoms with Gasteiger partial charge in [0.05, 0.1) is 12.2 Å². The van der Waals surface area contributed by atoms with Gasteiger partial charge in [-0.15, -0.1) is 0 Å². The van der Waals surface area contributed by atoms with E-state index in [1.54, 1.807) is 0 Å². The Labute approximate surface area is 91.4 Å². The van der Waals surface area contributed by atoms with Crippen LogP contribution in [-0.4, -0.2) is 18.5 Å². The van der Waals surface area contributed by atoms with Gasteiger partial charge in [0.15, 0.2) is 5.78 Å². The van der Waals surface area contributed by atoms with Crippen LogP contribution >= 0.6 is 0 Å². The number of rotatable bonds is 5. The van der Waals surface area contributed by atoms with Crippen LogP contribution in [0.25, 0.3) is 0 Å². The van der Waals surface area contributed by atoms with E-state index in [9.17, 15) is 4.79 Å².